The number of amides is 1. The third-order valence-electron chi connectivity index (χ3n) is 4.71. The molecule has 0 aromatic carbocycles. The fourth-order valence-electron chi connectivity index (χ4n) is 3.33. The normalized spacial score (nSPS) is 22.5. The summed E-state index contributed by atoms with van der Waals surface area (Å²) in [7, 11) is 0. The van der Waals surface area contributed by atoms with E-state index in [9.17, 15) is 4.79 Å². The minimum absolute atomic E-state index is 0.107. The Kier molecular flexibility index (Phi) is 3.15. The maximum atomic E-state index is 12.4. The highest BCUT2D eigenvalue weighted by molar-refractivity contribution is 5.94. The summed E-state index contributed by atoms with van der Waals surface area (Å²) in [5, 5.41) is 10.5. The van der Waals surface area contributed by atoms with Crippen LogP contribution in [0.3, 0.4) is 0 Å². The summed E-state index contributed by atoms with van der Waals surface area (Å²) in [6.07, 6.45) is 9.90. The molecule has 2 aliphatic rings. The predicted molar refractivity (Wildman–Crippen MR) is 80.4 cm³/mol. The van der Waals surface area contributed by atoms with Crippen LogP contribution in [0.4, 0.5) is 5.69 Å². The summed E-state index contributed by atoms with van der Waals surface area (Å²) in [4.78, 5) is 20.6. The van der Waals surface area contributed by atoms with Crippen molar-refractivity contribution in [2.75, 3.05) is 18.4 Å². The largest absolute Gasteiger partial charge is 0.323 e. The molecule has 1 saturated heterocycles. The van der Waals surface area contributed by atoms with Gasteiger partial charge in [0.25, 0.3) is 0 Å². The van der Waals surface area contributed by atoms with E-state index in [-0.39, 0.29) is 17.2 Å². The van der Waals surface area contributed by atoms with Gasteiger partial charge in [-0.1, -0.05) is 0 Å². The minimum atomic E-state index is 0.107. The molecule has 2 aromatic heterocycles. The van der Waals surface area contributed by atoms with E-state index in [2.05, 4.69) is 25.7 Å². The second kappa shape index (κ2) is 5.17. The molecule has 1 aliphatic heterocycles. The van der Waals surface area contributed by atoms with Gasteiger partial charge in [-0.2, -0.15) is 5.10 Å². The maximum Gasteiger partial charge on any atom is 0.250 e. The lowest BCUT2D eigenvalue weighted by Crippen LogP contribution is -2.31. The summed E-state index contributed by atoms with van der Waals surface area (Å²) in [6.45, 7) is 2.04. The van der Waals surface area contributed by atoms with Crippen molar-refractivity contribution in [2.24, 2.45) is 11.3 Å². The Morgan fingerprint density at radius 1 is 1.32 bits per heavy atom. The summed E-state index contributed by atoms with van der Waals surface area (Å²) < 4.78 is 1.56. The van der Waals surface area contributed by atoms with Gasteiger partial charge in [0.15, 0.2) is 0 Å². The number of piperidine rings is 1. The van der Waals surface area contributed by atoms with E-state index in [1.165, 1.54) is 0 Å². The molecular weight excluding hydrogens is 280 g/mol. The van der Waals surface area contributed by atoms with Crippen LogP contribution in [0, 0.1) is 11.3 Å². The standard InChI is InChI=1S/C15H18N6O/c22-13(12-8-15(12)2-6-16-7-3-15)20-11-9-19-21(10-11)14-17-4-1-5-18-14/h1,4-5,9-10,12,16H,2-3,6-8H2,(H,20,22). The molecule has 1 amide bonds. The molecule has 7 heteroatoms. The average molecular weight is 298 g/mol. The Morgan fingerprint density at radius 3 is 2.86 bits per heavy atom. The molecule has 3 heterocycles. The fraction of sp³-hybridized carbons (Fsp3) is 0.467. The van der Waals surface area contributed by atoms with E-state index in [0.717, 1.165) is 32.4 Å². The van der Waals surface area contributed by atoms with E-state index in [1.54, 1.807) is 35.5 Å². The van der Waals surface area contributed by atoms with E-state index in [0.29, 0.717) is 11.6 Å². The average Bonchev–Trinajstić information content (AvgIpc) is 3.04. The van der Waals surface area contributed by atoms with Crippen LogP contribution < -0.4 is 10.6 Å². The third-order valence-corrected chi connectivity index (χ3v) is 4.71. The van der Waals surface area contributed by atoms with Gasteiger partial charge in [0.1, 0.15) is 0 Å². The summed E-state index contributed by atoms with van der Waals surface area (Å²) in [6, 6.07) is 1.75. The number of carbonyl (C=O) groups excluding carboxylic acids is 1. The number of carbonyl (C=O) groups is 1. The molecule has 1 unspecified atom stereocenters. The number of aromatic nitrogens is 4. The molecule has 1 aliphatic carbocycles. The van der Waals surface area contributed by atoms with Crippen molar-refractivity contribution in [3.63, 3.8) is 0 Å². The number of anilines is 1. The molecule has 2 N–H and O–H groups in total. The summed E-state index contributed by atoms with van der Waals surface area (Å²) >= 11 is 0. The zero-order valence-electron chi connectivity index (χ0n) is 12.2. The smallest absolute Gasteiger partial charge is 0.250 e. The van der Waals surface area contributed by atoms with Crippen molar-refractivity contribution in [2.45, 2.75) is 19.3 Å². The topological polar surface area (TPSA) is 84.7 Å². The summed E-state index contributed by atoms with van der Waals surface area (Å²) in [5.74, 6) is 0.741. The van der Waals surface area contributed by atoms with Gasteiger partial charge in [-0.3, -0.25) is 4.79 Å². The van der Waals surface area contributed by atoms with Crippen LogP contribution in [-0.2, 0) is 4.79 Å². The van der Waals surface area contributed by atoms with E-state index in [1.807, 2.05) is 0 Å². The Labute approximate surface area is 128 Å². The van der Waals surface area contributed by atoms with Gasteiger partial charge in [0.05, 0.1) is 18.1 Å². The fourth-order valence-corrected chi connectivity index (χ4v) is 3.33. The van der Waals surface area contributed by atoms with Crippen molar-refractivity contribution in [1.29, 1.82) is 0 Å². The second-order valence-corrected chi connectivity index (χ2v) is 6.08. The van der Waals surface area contributed by atoms with Crippen LogP contribution in [0.2, 0.25) is 0 Å². The van der Waals surface area contributed by atoms with Gasteiger partial charge < -0.3 is 10.6 Å². The van der Waals surface area contributed by atoms with Crippen molar-refractivity contribution in [3.05, 3.63) is 30.9 Å². The van der Waals surface area contributed by atoms with Crippen molar-refractivity contribution >= 4 is 11.6 Å². The molecule has 4 rings (SSSR count). The van der Waals surface area contributed by atoms with Crippen molar-refractivity contribution in [1.82, 2.24) is 25.1 Å². The maximum absolute atomic E-state index is 12.4. The van der Waals surface area contributed by atoms with Crippen LogP contribution in [0.15, 0.2) is 30.9 Å². The van der Waals surface area contributed by atoms with Crippen LogP contribution >= 0.6 is 0 Å². The van der Waals surface area contributed by atoms with E-state index < -0.39 is 0 Å². The molecule has 7 nitrogen and oxygen atoms in total. The number of hydrogen-bond donors (Lipinski definition) is 2. The molecule has 2 aromatic rings. The van der Waals surface area contributed by atoms with Crippen molar-refractivity contribution in [3.8, 4) is 5.95 Å². The molecule has 1 atom stereocenters. The molecule has 0 radical (unpaired) electrons. The highest BCUT2D eigenvalue weighted by atomic mass is 16.2. The minimum Gasteiger partial charge on any atom is -0.323 e. The number of rotatable bonds is 3. The molecule has 0 bridgehead atoms. The Hall–Kier alpha value is -2.28. The van der Waals surface area contributed by atoms with Crippen LogP contribution in [0.1, 0.15) is 19.3 Å². The molecular formula is C15H18N6O. The van der Waals surface area contributed by atoms with Gasteiger partial charge in [-0.15, -0.1) is 0 Å². The van der Waals surface area contributed by atoms with Crippen LogP contribution in [0.25, 0.3) is 5.95 Å². The molecule has 22 heavy (non-hydrogen) atoms. The van der Waals surface area contributed by atoms with Gasteiger partial charge in [0.2, 0.25) is 11.9 Å². The first kappa shape index (κ1) is 13.4. The molecule has 1 saturated carbocycles. The highest BCUT2D eigenvalue weighted by Crippen LogP contribution is 2.58. The van der Waals surface area contributed by atoms with E-state index >= 15 is 0 Å². The predicted octanol–water partition coefficient (Wildman–Crippen LogP) is 0.990. The van der Waals surface area contributed by atoms with Gasteiger partial charge in [0, 0.05) is 18.3 Å². The van der Waals surface area contributed by atoms with Crippen molar-refractivity contribution < 1.29 is 4.79 Å². The molecule has 1 spiro atoms. The lowest BCUT2D eigenvalue weighted by molar-refractivity contribution is -0.118. The van der Waals surface area contributed by atoms with E-state index in [4.69, 9.17) is 0 Å². The van der Waals surface area contributed by atoms with Crippen LogP contribution in [0.5, 0.6) is 0 Å². The van der Waals surface area contributed by atoms with Gasteiger partial charge >= 0.3 is 0 Å². The SMILES string of the molecule is O=C(Nc1cnn(-c2ncccn2)c1)C1CC12CCNCC2. The van der Waals surface area contributed by atoms with Gasteiger partial charge in [-0.25, -0.2) is 14.6 Å². The number of nitrogens with one attached hydrogen (secondary N) is 2. The first-order valence-electron chi connectivity index (χ1n) is 7.61. The van der Waals surface area contributed by atoms with Crippen LogP contribution in [-0.4, -0.2) is 38.7 Å². The summed E-state index contributed by atoms with van der Waals surface area (Å²) in [5.41, 5.74) is 0.932. The number of nitrogens with zero attached hydrogens (tertiary/aromatic N) is 4. The molecule has 114 valence electrons. The monoisotopic (exact) mass is 298 g/mol. The molecule has 2 fully saturated rings. The first-order valence-corrected chi connectivity index (χ1v) is 7.61. The quantitative estimate of drug-likeness (QED) is 0.882. The Morgan fingerprint density at radius 2 is 2.09 bits per heavy atom. The highest BCUT2D eigenvalue weighted by Gasteiger charge is 2.57. The Bertz CT molecular complexity index is 676. The third kappa shape index (κ3) is 2.37. The second-order valence-electron chi connectivity index (χ2n) is 6.08. The van der Waals surface area contributed by atoms with Gasteiger partial charge in [-0.05, 0) is 43.8 Å². The first-order chi connectivity index (χ1) is 10.8. The zero-order valence-corrected chi connectivity index (χ0v) is 12.2. The Balaban J connectivity index is 1.42. The zero-order chi connectivity index (χ0) is 15.0. The lowest BCUT2D eigenvalue weighted by Gasteiger charge is -2.23. The number of hydrogen-bond acceptors (Lipinski definition) is 5. The lowest BCUT2D eigenvalue weighted by atomic mass is 9.92.